The molecule has 1 aliphatic carbocycles. The standard InChI is InChI=1S/C26H31N3O3.ClH/c1-19-7-11-21(12-8-19)28-26(30)14-10-20-9-13-24(25(17-20)31-2)32-16-15-29-18-27-22-5-3-4-6-23(22)29;/h3-6,9-10,13-14,17-19,21H,7-8,11-12,15-16H2,1-2H3,(H,28,30);1H/t19-,21-;. The maximum Gasteiger partial charge on any atom is 0.244 e. The number of nitrogens with one attached hydrogen (secondary N) is 1. The maximum atomic E-state index is 12.3. The van der Waals surface area contributed by atoms with Gasteiger partial charge in [-0.25, -0.2) is 4.98 Å². The summed E-state index contributed by atoms with van der Waals surface area (Å²) in [6.07, 6.45) is 9.74. The normalized spacial score (nSPS) is 18.1. The summed E-state index contributed by atoms with van der Waals surface area (Å²) in [5.74, 6) is 2.04. The first-order valence-electron chi connectivity index (χ1n) is 11.3. The van der Waals surface area contributed by atoms with Crippen molar-refractivity contribution in [1.29, 1.82) is 0 Å². The molecule has 0 spiro atoms. The van der Waals surface area contributed by atoms with Crippen molar-refractivity contribution in [1.82, 2.24) is 14.9 Å². The second-order valence-corrected chi connectivity index (χ2v) is 8.48. The summed E-state index contributed by atoms with van der Waals surface area (Å²) in [4.78, 5) is 16.7. The van der Waals surface area contributed by atoms with E-state index in [0.29, 0.717) is 30.7 Å². The minimum Gasteiger partial charge on any atom is -0.493 e. The summed E-state index contributed by atoms with van der Waals surface area (Å²) >= 11 is 0. The maximum absolute atomic E-state index is 12.3. The second-order valence-electron chi connectivity index (χ2n) is 8.48. The molecule has 3 aromatic rings. The number of imidazole rings is 1. The quantitative estimate of drug-likeness (QED) is 0.457. The second kappa shape index (κ2) is 11.8. The van der Waals surface area contributed by atoms with Crippen LogP contribution in [0, 0.1) is 5.92 Å². The van der Waals surface area contributed by atoms with Crippen molar-refractivity contribution in [2.45, 2.75) is 45.2 Å². The highest BCUT2D eigenvalue weighted by molar-refractivity contribution is 5.92. The van der Waals surface area contributed by atoms with Crippen LogP contribution in [0.3, 0.4) is 0 Å². The molecule has 0 bridgehead atoms. The van der Waals surface area contributed by atoms with Gasteiger partial charge in [0.2, 0.25) is 5.91 Å². The Kier molecular flexibility index (Phi) is 8.78. The highest BCUT2D eigenvalue weighted by Gasteiger charge is 2.18. The topological polar surface area (TPSA) is 65.4 Å². The van der Waals surface area contributed by atoms with E-state index in [4.69, 9.17) is 9.47 Å². The molecule has 176 valence electrons. The summed E-state index contributed by atoms with van der Waals surface area (Å²) in [6.45, 7) is 3.46. The van der Waals surface area contributed by atoms with E-state index >= 15 is 0 Å². The Morgan fingerprint density at radius 3 is 2.73 bits per heavy atom. The predicted octanol–water partition coefficient (Wildman–Crippen LogP) is 5.25. The number of ether oxygens (including phenoxy) is 2. The molecule has 7 heteroatoms. The zero-order valence-corrected chi connectivity index (χ0v) is 20.0. The number of fused-ring (bicyclic) bond motifs is 1. The van der Waals surface area contributed by atoms with E-state index in [2.05, 4.69) is 27.9 Å². The molecular formula is C26H32ClN3O3. The lowest BCUT2D eigenvalue weighted by Crippen LogP contribution is -2.36. The molecule has 0 saturated heterocycles. The fourth-order valence-corrected chi connectivity index (χ4v) is 4.18. The molecule has 0 atom stereocenters. The van der Waals surface area contributed by atoms with Crippen LogP contribution in [0.5, 0.6) is 11.5 Å². The van der Waals surface area contributed by atoms with Crippen LogP contribution >= 0.6 is 12.4 Å². The average molecular weight is 470 g/mol. The van der Waals surface area contributed by atoms with E-state index in [1.807, 2.05) is 48.8 Å². The zero-order valence-electron chi connectivity index (χ0n) is 19.2. The molecule has 1 aliphatic rings. The molecule has 1 amide bonds. The molecule has 2 aromatic carbocycles. The molecule has 6 nitrogen and oxygen atoms in total. The van der Waals surface area contributed by atoms with E-state index in [-0.39, 0.29) is 18.3 Å². The van der Waals surface area contributed by atoms with Gasteiger partial charge in [-0.3, -0.25) is 4.79 Å². The third-order valence-electron chi connectivity index (χ3n) is 6.09. The van der Waals surface area contributed by atoms with Gasteiger partial charge in [0.1, 0.15) is 6.61 Å². The lowest BCUT2D eigenvalue weighted by molar-refractivity contribution is -0.117. The zero-order chi connectivity index (χ0) is 22.3. The van der Waals surface area contributed by atoms with Crippen molar-refractivity contribution in [3.8, 4) is 11.5 Å². The van der Waals surface area contributed by atoms with Gasteiger partial charge in [0, 0.05) is 12.1 Å². The van der Waals surface area contributed by atoms with Crippen LogP contribution in [0.4, 0.5) is 0 Å². The molecule has 0 unspecified atom stereocenters. The highest BCUT2D eigenvalue weighted by atomic mass is 35.5. The monoisotopic (exact) mass is 469 g/mol. The van der Waals surface area contributed by atoms with Gasteiger partial charge in [0.15, 0.2) is 11.5 Å². The molecule has 4 rings (SSSR count). The van der Waals surface area contributed by atoms with Crippen LogP contribution < -0.4 is 14.8 Å². The number of carbonyl (C=O) groups is 1. The Hall–Kier alpha value is -2.99. The van der Waals surface area contributed by atoms with Gasteiger partial charge in [-0.2, -0.15) is 0 Å². The SMILES string of the molecule is COc1cc(C=CC(=O)N[C@H]2CC[C@H](C)CC2)ccc1OCCn1cnc2ccccc21.Cl. The first kappa shape index (κ1) is 24.6. The number of benzene rings is 2. The number of carbonyl (C=O) groups excluding carboxylic acids is 1. The third kappa shape index (κ3) is 6.51. The minimum absolute atomic E-state index is 0. The Labute approximate surface area is 201 Å². The summed E-state index contributed by atoms with van der Waals surface area (Å²) in [5.41, 5.74) is 2.95. The van der Waals surface area contributed by atoms with Crippen LogP contribution in [0.1, 0.15) is 38.2 Å². The van der Waals surface area contributed by atoms with Gasteiger partial charge in [-0.05, 0) is 67.5 Å². The minimum atomic E-state index is -0.0450. The lowest BCUT2D eigenvalue weighted by Gasteiger charge is -2.26. The molecule has 1 heterocycles. The van der Waals surface area contributed by atoms with Crippen molar-refractivity contribution < 1.29 is 14.3 Å². The average Bonchev–Trinajstić information content (AvgIpc) is 3.23. The smallest absolute Gasteiger partial charge is 0.244 e. The summed E-state index contributed by atoms with van der Waals surface area (Å²) in [5, 5.41) is 3.11. The van der Waals surface area contributed by atoms with Gasteiger partial charge in [0.25, 0.3) is 0 Å². The van der Waals surface area contributed by atoms with Gasteiger partial charge < -0.3 is 19.4 Å². The molecule has 33 heavy (non-hydrogen) atoms. The van der Waals surface area contributed by atoms with Gasteiger partial charge in [0.05, 0.1) is 31.0 Å². The van der Waals surface area contributed by atoms with Crippen LogP contribution in [-0.2, 0) is 11.3 Å². The van der Waals surface area contributed by atoms with E-state index in [1.165, 1.54) is 12.8 Å². The Balaban J connectivity index is 0.00000306. The molecule has 0 aliphatic heterocycles. The number of hydrogen-bond donors (Lipinski definition) is 1. The first-order chi connectivity index (χ1) is 15.6. The van der Waals surface area contributed by atoms with Crippen LogP contribution in [0.2, 0.25) is 0 Å². The Morgan fingerprint density at radius 1 is 1.15 bits per heavy atom. The van der Waals surface area contributed by atoms with Crippen molar-refractivity contribution >= 4 is 35.4 Å². The highest BCUT2D eigenvalue weighted by Crippen LogP contribution is 2.29. The number of aromatic nitrogens is 2. The summed E-state index contributed by atoms with van der Waals surface area (Å²) < 4.78 is 13.5. The number of amides is 1. The number of rotatable bonds is 8. The van der Waals surface area contributed by atoms with E-state index < -0.39 is 0 Å². The molecule has 0 radical (unpaired) electrons. The predicted molar refractivity (Wildman–Crippen MR) is 134 cm³/mol. The summed E-state index contributed by atoms with van der Waals surface area (Å²) in [7, 11) is 1.62. The van der Waals surface area contributed by atoms with Gasteiger partial charge in [-0.1, -0.05) is 25.1 Å². The Bertz CT molecular complexity index is 1090. The number of nitrogens with zero attached hydrogens (tertiary/aromatic N) is 2. The largest absolute Gasteiger partial charge is 0.493 e. The Morgan fingerprint density at radius 2 is 1.94 bits per heavy atom. The van der Waals surface area contributed by atoms with Crippen LogP contribution in [-0.4, -0.2) is 35.2 Å². The fourth-order valence-electron chi connectivity index (χ4n) is 4.18. The van der Waals surface area contributed by atoms with Crippen LogP contribution in [0.25, 0.3) is 17.1 Å². The number of hydrogen-bond acceptors (Lipinski definition) is 4. The molecule has 1 fully saturated rings. The van der Waals surface area contributed by atoms with Crippen molar-refractivity contribution in [2.75, 3.05) is 13.7 Å². The van der Waals surface area contributed by atoms with Crippen molar-refractivity contribution in [2.24, 2.45) is 5.92 Å². The number of para-hydroxylation sites is 2. The summed E-state index contributed by atoms with van der Waals surface area (Å²) in [6, 6.07) is 14.0. The molecule has 1 aromatic heterocycles. The number of methoxy groups -OCH3 is 1. The molecule has 1 N–H and O–H groups in total. The lowest BCUT2D eigenvalue weighted by atomic mass is 9.87. The number of halogens is 1. The van der Waals surface area contributed by atoms with E-state index in [1.54, 1.807) is 13.2 Å². The fraction of sp³-hybridized carbons (Fsp3) is 0.385. The molecular weight excluding hydrogens is 438 g/mol. The van der Waals surface area contributed by atoms with Gasteiger partial charge in [-0.15, -0.1) is 12.4 Å². The van der Waals surface area contributed by atoms with Crippen LogP contribution in [0.15, 0.2) is 54.9 Å². The van der Waals surface area contributed by atoms with E-state index in [0.717, 1.165) is 35.4 Å². The van der Waals surface area contributed by atoms with Crippen molar-refractivity contribution in [3.05, 3.63) is 60.4 Å². The first-order valence-corrected chi connectivity index (χ1v) is 11.3. The van der Waals surface area contributed by atoms with Crippen molar-refractivity contribution in [3.63, 3.8) is 0 Å². The van der Waals surface area contributed by atoms with Gasteiger partial charge >= 0.3 is 0 Å². The molecule has 1 saturated carbocycles. The third-order valence-corrected chi connectivity index (χ3v) is 6.09. The van der Waals surface area contributed by atoms with E-state index in [9.17, 15) is 4.79 Å².